The van der Waals surface area contributed by atoms with Crippen LogP contribution in [0.3, 0.4) is 0 Å². The first-order chi connectivity index (χ1) is 14.9. The van der Waals surface area contributed by atoms with Gasteiger partial charge in [-0.05, 0) is 62.4 Å². The van der Waals surface area contributed by atoms with Gasteiger partial charge in [0.1, 0.15) is 28.6 Å². The highest BCUT2D eigenvalue weighted by molar-refractivity contribution is 6.31. The van der Waals surface area contributed by atoms with E-state index in [1.54, 1.807) is 61.5 Å². The molecule has 1 aliphatic heterocycles. The van der Waals surface area contributed by atoms with Gasteiger partial charge < -0.3 is 18.3 Å². The highest BCUT2D eigenvalue weighted by Crippen LogP contribution is 2.39. The minimum atomic E-state index is -0.665. The van der Waals surface area contributed by atoms with E-state index >= 15 is 0 Å². The Morgan fingerprint density at radius 2 is 1.87 bits per heavy atom. The Kier molecular flexibility index (Phi) is 4.45. The molecule has 1 aliphatic rings. The number of hydrogen-bond acceptors (Lipinski definition) is 6. The Morgan fingerprint density at radius 3 is 2.65 bits per heavy atom. The minimum Gasteiger partial charge on any atom is -0.462 e. The van der Waals surface area contributed by atoms with Crippen LogP contribution in [0.15, 0.2) is 63.1 Å². The van der Waals surface area contributed by atoms with E-state index in [9.17, 15) is 9.59 Å². The number of aryl methyl sites for hydroxylation is 1. The van der Waals surface area contributed by atoms with E-state index < -0.39 is 5.97 Å². The number of carbonyl (C=O) groups excluding carboxylic acids is 2. The zero-order valence-electron chi connectivity index (χ0n) is 16.5. The van der Waals surface area contributed by atoms with Gasteiger partial charge in [-0.1, -0.05) is 11.6 Å². The normalized spacial score (nSPS) is 14.2. The average molecular weight is 435 g/mol. The quantitative estimate of drug-likeness (QED) is 0.219. The molecule has 0 spiro atoms. The summed E-state index contributed by atoms with van der Waals surface area (Å²) in [6.07, 6.45) is 1.54. The van der Waals surface area contributed by atoms with Crippen LogP contribution >= 0.6 is 11.6 Å². The van der Waals surface area contributed by atoms with Gasteiger partial charge in [0, 0.05) is 22.0 Å². The van der Waals surface area contributed by atoms with Crippen molar-refractivity contribution < 1.29 is 27.9 Å². The third-order valence-electron chi connectivity index (χ3n) is 4.95. The summed E-state index contributed by atoms with van der Waals surface area (Å²) < 4.78 is 22.3. The van der Waals surface area contributed by atoms with Crippen molar-refractivity contribution in [3.63, 3.8) is 0 Å². The second kappa shape index (κ2) is 7.18. The van der Waals surface area contributed by atoms with Crippen LogP contribution in [0, 0.1) is 13.8 Å². The summed E-state index contributed by atoms with van der Waals surface area (Å²) >= 11 is 5.98. The summed E-state index contributed by atoms with van der Waals surface area (Å²) in [6, 6.07) is 13.3. The van der Waals surface area contributed by atoms with Crippen molar-refractivity contribution in [3.8, 4) is 11.5 Å². The van der Waals surface area contributed by atoms with Crippen LogP contribution in [0.4, 0.5) is 0 Å². The average Bonchev–Trinajstić information content (AvgIpc) is 3.42. The van der Waals surface area contributed by atoms with Gasteiger partial charge in [-0.25, -0.2) is 4.79 Å². The van der Waals surface area contributed by atoms with Crippen molar-refractivity contribution in [2.45, 2.75) is 13.8 Å². The molecule has 0 bridgehead atoms. The lowest BCUT2D eigenvalue weighted by Crippen LogP contribution is -2.08. The lowest BCUT2D eigenvalue weighted by Gasteiger charge is -2.09. The first kappa shape index (κ1) is 19.2. The van der Waals surface area contributed by atoms with Crippen molar-refractivity contribution in [2.75, 3.05) is 0 Å². The summed E-state index contributed by atoms with van der Waals surface area (Å²) in [7, 11) is 0. The van der Waals surface area contributed by atoms with E-state index in [0.717, 1.165) is 5.76 Å². The summed E-state index contributed by atoms with van der Waals surface area (Å²) in [5.74, 6) is 1.12. The van der Waals surface area contributed by atoms with Crippen LogP contribution in [-0.4, -0.2) is 11.8 Å². The number of carbonyl (C=O) groups is 2. The van der Waals surface area contributed by atoms with Crippen molar-refractivity contribution in [2.24, 2.45) is 0 Å². The van der Waals surface area contributed by atoms with E-state index in [0.29, 0.717) is 38.6 Å². The van der Waals surface area contributed by atoms with Crippen LogP contribution in [0.5, 0.6) is 11.5 Å². The van der Waals surface area contributed by atoms with Crippen LogP contribution in [0.25, 0.3) is 17.0 Å². The molecule has 0 radical (unpaired) electrons. The van der Waals surface area contributed by atoms with Crippen molar-refractivity contribution >= 4 is 40.4 Å². The van der Waals surface area contributed by atoms with Gasteiger partial charge >= 0.3 is 5.97 Å². The Bertz CT molecular complexity index is 1400. The molecule has 0 N–H and O–H groups in total. The number of allylic oxidation sites excluding steroid dienone is 1. The fourth-order valence-corrected chi connectivity index (χ4v) is 3.58. The number of benzene rings is 2. The second-order valence-electron chi connectivity index (χ2n) is 7.14. The van der Waals surface area contributed by atoms with E-state index in [1.165, 1.54) is 0 Å². The summed E-state index contributed by atoms with van der Waals surface area (Å²) in [6.45, 7) is 3.53. The molecule has 0 saturated carbocycles. The van der Waals surface area contributed by atoms with Crippen LogP contribution < -0.4 is 9.47 Å². The molecule has 31 heavy (non-hydrogen) atoms. The SMILES string of the molecule is Cc1ccc(/C=C2\Oc3c(ccc(OC(=O)c4cc5cc(Cl)ccc5o4)c3C)C2=O)o1. The van der Waals surface area contributed by atoms with Gasteiger partial charge in [0.25, 0.3) is 0 Å². The first-order valence-corrected chi connectivity index (χ1v) is 9.82. The number of hydrogen-bond donors (Lipinski definition) is 0. The predicted octanol–water partition coefficient (Wildman–Crippen LogP) is 6.13. The molecule has 0 fully saturated rings. The van der Waals surface area contributed by atoms with E-state index in [2.05, 4.69) is 0 Å². The highest BCUT2D eigenvalue weighted by atomic mass is 35.5. The topological polar surface area (TPSA) is 78.9 Å². The standard InChI is InChI=1S/C24H15ClO6/c1-12-3-5-16(28-12)11-20-22(26)17-6-8-18(13(2)23(17)30-20)31-24(27)21-10-14-9-15(25)4-7-19(14)29-21/h3-11H,1-2H3/b20-11-. The molecule has 0 unspecified atom stereocenters. The number of ether oxygens (including phenoxy) is 2. The van der Waals surface area contributed by atoms with Gasteiger partial charge in [0.05, 0.1) is 5.56 Å². The molecule has 0 saturated heterocycles. The van der Waals surface area contributed by atoms with E-state index in [1.807, 2.05) is 6.92 Å². The molecule has 3 heterocycles. The molecule has 7 heteroatoms. The number of halogens is 1. The minimum absolute atomic E-state index is 0.0444. The van der Waals surface area contributed by atoms with Gasteiger partial charge in [-0.15, -0.1) is 0 Å². The maximum atomic E-state index is 12.7. The smallest absolute Gasteiger partial charge is 0.379 e. The molecule has 6 nitrogen and oxygen atoms in total. The summed E-state index contributed by atoms with van der Waals surface area (Å²) in [4.78, 5) is 25.3. The third kappa shape index (κ3) is 3.41. The largest absolute Gasteiger partial charge is 0.462 e. The Labute approximate surface area is 181 Å². The zero-order chi connectivity index (χ0) is 21.7. The molecule has 0 atom stereocenters. The predicted molar refractivity (Wildman–Crippen MR) is 114 cm³/mol. The maximum absolute atomic E-state index is 12.7. The highest BCUT2D eigenvalue weighted by Gasteiger charge is 2.31. The lowest BCUT2D eigenvalue weighted by molar-refractivity contribution is 0.0702. The molecule has 0 aliphatic carbocycles. The third-order valence-corrected chi connectivity index (χ3v) is 5.19. The fraction of sp³-hybridized carbons (Fsp3) is 0.0833. The van der Waals surface area contributed by atoms with Gasteiger partial charge in [0.2, 0.25) is 11.5 Å². The molecule has 154 valence electrons. The molecule has 0 amide bonds. The number of Topliss-reactive ketones (excluding diaryl/α,β-unsaturated/α-hetero) is 1. The van der Waals surface area contributed by atoms with Crippen LogP contribution in [0.2, 0.25) is 5.02 Å². The molecule has 5 rings (SSSR count). The van der Waals surface area contributed by atoms with Crippen molar-refractivity contribution in [1.82, 2.24) is 0 Å². The molecular weight excluding hydrogens is 420 g/mol. The number of fused-ring (bicyclic) bond motifs is 2. The zero-order valence-corrected chi connectivity index (χ0v) is 17.3. The molecular formula is C24H15ClO6. The number of ketones is 1. The van der Waals surface area contributed by atoms with E-state index in [4.69, 9.17) is 29.9 Å². The number of furan rings is 2. The summed E-state index contributed by atoms with van der Waals surface area (Å²) in [5, 5.41) is 1.24. The number of rotatable bonds is 3. The maximum Gasteiger partial charge on any atom is 0.379 e. The lowest BCUT2D eigenvalue weighted by atomic mass is 10.1. The van der Waals surface area contributed by atoms with Gasteiger partial charge in [-0.3, -0.25) is 4.79 Å². The Morgan fingerprint density at radius 1 is 1.03 bits per heavy atom. The summed E-state index contributed by atoms with van der Waals surface area (Å²) in [5.41, 5.74) is 1.45. The molecule has 2 aromatic heterocycles. The van der Waals surface area contributed by atoms with E-state index in [-0.39, 0.29) is 23.1 Å². The molecule has 2 aromatic carbocycles. The van der Waals surface area contributed by atoms with Crippen LogP contribution in [-0.2, 0) is 0 Å². The Balaban J connectivity index is 1.42. The van der Waals surface area contributed by atoms with Crippen LogP contribution in [0.1, 0.15) is 38.0 Å². The Hall–Kier alpha value is -3.77. The monoisotopic (exact) mass is 434 g/mol. The van der Waals surface area contributed by atoms with Crippen molar-refractivity contribution in [1.29, 1.82) is 0 Å². The van der Waals surface area contributed by atoms with Gasteiger partial charge in [-0.2, -0.15) is 0 Å². The number of esters is 1. The molecule has 4 aromatic rings. The van der Waals surface area contributed by atoms with Crippen molar-refractivity contribution in [3.05, 3.63) is 87.7 Å². The fourth-order valence-electron chi connectivity index (χ4n) is 3.40. The first-order valence-electron chi connectivity index (χ1n) is 9.44. The second-order valence-corrected chi connectivity index (χ2v) is 7.57. The van der Waals surface area contributed by atoms with Gasteiger partial charge in [0.15, 0.2) is 5.76 Å².